The maximum atomic E-state index is 4.44. The Balaban J connectivity index is 2.39. The topological polar surface area (TPSA) is 12.9 Å². The SMILES string of the molecule is C=C(C)[C@H]1CCc2cnc(C)c(C)c2C1. The van der Waals surface area contributed by atoms with Gasteiger partial charge in [-0.1, -0.05) is 12.2 Å². The van der Waals surface area contributed by atoms with Crippen LogP contribution in [0.3, 0.4) is 0 Å². The Bertz CT molecular complexity index is 404. The summed E-state index contributed by atoms with van der Waals surface area (Å²) in [4.78, 5) is 4.44. The van der Waals surface area contributed by atoms with E-state index < -0.39 is 0 Å². The molecule has 1 aliphatic carbocycles. The van der Waals surface area contributed by atoms with Gasteiger partial charge < -0.3 is 0 Å². The van der Waals surface area contributed by atoms with E-state index in [-0.39, 0.29) is 0 Å². The first-order valence-electron chi connectivity index (χ1n) is 5.69. The molecule has 0 aromatic carbocycles. The molecule has 0 aliphatic heterocycles. The van der Waals surface area contributed by atoms with Crippen molar-refractivity contribution >= 4 is 0 Å². The molecule has 1 aliphatic rings. The Labute approximate surface area is 92.2 Å². The molecule has 0 unspecified atom stereocenters. The molecule has 0 amide bonds. The van der Waals surface area contributed by atoms with Crippen LogP contribution in [0.1, 0.15) is 35.7 Å². The highest BCUT2D eigenvalue weighted by atomic mass is 14.7. The Morgan fingerprint density at radius 3 is 2.87 bits per heavy atom. The third kappa shape index (κ3) is 1.83. The summed E-state index contributed by atoms with van der Waals surface area (Å²) in [5, 5.41) is 0. The van der Waals surface area contributed by atoms with Crippen molar-refractivity contribution in [1.82, 2.24) is 4.98 Å². The first-order chi connectivity index (χ1) is 7.09. The molecule has 1 heteroatoms. The largest absolute Gasteiger partial charge is 0.261 e. The standard InChI is InChI=1S/C14H19N/c1-9(2)12-5-6-13-8-15-11(4)10(3)14(13)7-12/h8,12H,1,5-7H2,2-4H3/t12-/m0/s1. The van der Waals surface area contributed by atoms with Crippen LogP contribution >= 0.6 is 0 Å². The molecule has 1 aromatic heterocycles. The summed E-state index contributed by atoms with van der Waals surface area (Å²) in [7, 11) is 0. The van der Waals surface area contributed by atoms with Gasteiger partial charge in [0.2, 0.25) is 0 Å². The van der Waals surface area contributed by atoms with E-state index in [0.29, 0.717) is 5.92 Å². The molecule has 0 saturated heterocycles. The van der Waals surface area contributed by atoms with Gasteiger partial charge in [-0.2, -0.15) is 0 Å². The van der Waals surface area contributed by atoms with E-state index >= 15 is 0 Å². The fraction of sp³-hybridized carbons (Fsp3) is 0.500. The number of hydrogen-bond donors (Lipinski definition) is 0. The second kappa shape index (κ2) is 3.80. The number of fused-ring (bicyclic) bond motifs is 1. The smallest absolute Gasteiger partial charge is 0.0404 e. The lowest BCUT2D eigenvalue weighted by Crippen LogP contribution is -2.17. The lowest BCUT2D eigenvalue weighted by molar-refractivity contribution is 0.523. The number of hydrogen-bond acceptors (Lipinski definition) is 1. The van der Waals surface area contributed by atoms with Crippen molar-refractivity contribution < 1.29 is 0 Å². The molecule has 1 aromatic rings. The van der Waals surface area contributed by atoms with Gasteiger partial charge in [0.25, 0.3) is 0 Å². The fourth-order valence-corrected chi connectivity index (χ4v) is 2.41. The van der Waals surface area contributed by atoms with Gasteiger partial charge in [0.1, 0.15) is 0 Å². The minimum Gasteiger partial charge on any atom is -0.261 e. The van der Waals surface area contributed by atoms with E-state index in [4.69, 9.17) is 0 Å². The van der Waals surface area contributed by atoms with Crippen LogP contribution in [-0.2, 0) is 12.8 Å². The molecular formula is C14H19N. The van der Waals surface area contributed by atoms with Gasteiger partial charge >= 0.3 is 0 Å². The molecule has 0 N–H and O–H groups in total. The lowest BCUT2D eigenvalue weighted by atomic mass is 9.79. The minimum absolute atomic E-state index is 0.679. The van der Waals surface area contributed by atoms with Crippen LogP contribution in [0.2, 0.25) is 0 Å². The molecule has 1 atom stereocenters. The summed E-state index contributed by atoms with van der Waals surface area (Å²) in [5.74, 6) is 0.679. The zero-order valence-corrected chi connectivity index (χ0v) is 9.93. The highest BCUT2D eigenvalue weighted by Gasteiger charge is 2.21. The maximum Gasteiger partial charge on any atom is 0.0404 e. The average Bonchev–Trinajstić information content (AvgIpc) is 2.23. The third-order valence-corrected chi connectivity index (χ3v) is 3.71. The first kappa shape index (κ1) is 10.4. The predicted molar refractivity (Wildman–Crippen MR) is 64.0 cm³/mol. The Hall–Kier alpha value is -1.11. The van der Waals surface area contributed by atoms with Crippen molar-refractivity contribution in [2.75, 3.05) is 0 Å². The van der Waals surface area contributed by atoms with Crippen molar-refractivity contribution in [2.24, 2.45) is 5.92 Å². The van der Waals surface area contributed by atoms with Gasteiger partial charge in [-0.3, -0.25) is 4.98 Å². The number of aromatic nitrogens is 1. The van der Waals surface area contributed by atoms with Crippen LogP contribution in [0.15, 0.2) is 18.3 Å². The molecule has 1 heterocycles. The van der Waals surface area contributed by atoms with Crippen LogP contribution in [0.25, 0.3) is 0 Å². The quantitative estimate of drug-likeness (QED) is 0.635. The van der Waals surface area contributed by atoms with Crippen LogP contribution in [0.4, 0.5) is 0 Å². The minimum atomic E-state index is 0.679. The van der Waals surface area contributed by atoms with E-state index in [2.05, 4.69) is 38.5 Å². The van der Waals surface area contributed by atoms with Crippen LogP contribution in [0, 0.1) is 19.8 Å². The molecule has 1 nitrogen and oxygen atoms in total. The first-order valence-corrected chi connectivity index (χ1v) is 5.69. The number of aryl methyl sites for hydroxylation is 2. The van der Waals surface area contributed by atoms with E-state index in [0.717, 1.165) is 0 Å². The van der Waals surface area contributed by atoms with E-state index in [1.165, 1.54) is 47.2 Å². The second-order valence-electron chi connectivity index (χ2n) is 4.76. The molecule has 0 saturated carbocycles. The molecule has 0 fully saturated rings. The number of allylic oxidation sites excluding steroid dienone is 1. The summed E-state index contributed by atoms with van der Waals surface area (Å²) < 4.78 is 0. The van der Waals surface area contributed by atoms with Crippen molar-refractivity contribution in [3.63, 3.8) is 0 Å². The third-order valence-electron chi connectivity index (χ3n) is 3.71. The monoisotopic (exact) mass is 201 g/mol. The van der Waals surface area contributed by atoms with Gasteiger partial charge in [0, 0.05) is 11.9 Å². The van der Waals surface area contributed by atoms with Gasteiger partial charge in [-0.25, -0.2) is 0 Å². The van der Waals surface area contributed by atoms with Gasteiger partial charge in [0.05, 0.1) is 0 Å². The Morgan fingerprint density at radius 1 is 1.47 bits per heavy atom. The summed E-state index contributed by atoms with van der Waals surface area (Å²) in [6.07, 6.45) is 5.64. The normalized spacial score (nSPS) is 19.8. The average molecular weight is 201 g/mol. The number of nitrogens with zero attached hydrogens (tertiary/aromatic N) is 1. The van der Waals surface area contributed by atoms with Crippen LogP contribution in [0.5, 0.6) is 0 Å². The Morgan fingerprint density at radius 2 is 2.20 bits per heavy atom. The van der Waals surface area contributed by atoms with Crippen molar-refractivity contribution in [1.29, 1.82) is 0 Å². The van der Waals surface area contributed by atoms with E-state index in [1.54, 1.807) is 0 Å². The molecule has 15 heavy (non-hydrogen) atoms. The van der Waals surface area contributed by atoms with Crippen LogP contribution < -0.4 is 0 Å². The highest BCUT2D eigenvalue weighted by Crippen LogP contribution is 2.31. The van der Waals surface area contributed by atoms with Gasteiger partial charge in [-0.15, -0.1) is 0 Å². The summed E-state index contributed by atoms with van der Waals surface area (Å²) >= 11 is 0. The van der Waals surface area contributed by atoms with Gasteiger partial charge in [-0.05, 0) is 62.6 Å². The number of rotatable bonds is 1. The predicted octanol–water partition coefficient (Wildman–Crippen LogP) is 3.38. The summed E-state index contributed by atoms with van der Waals surface area (Å²) in [5.41, 5.74) is 6.88. The Kier molecular flexibility index (Phi) is 2.64. The maximum absolute atomic E-state index is 4.44. The van der Waals surface area contributed by atoms with Crippen molar-refractivity contribution in [3.05, 3.63) is 40.7 Å². The lowest BCUT2D eigenvalue weighted by Gasteiger charge is -2.26. The second-order valence-corrected chi connectivity index (χ2v) is 4.76. The summed E-state index contributed by atoms with van der Waals surface area (Å²) in [6, 6.07) is 0. The molecule has 2 rings (SSSR count). The molecule has 0 spiro atoms. The van der Waals surface area contributed by atoms with E-state index in [1.807, 2.05) is 0 Å². The number of pyridine rings is 1. The highest BCUT2D eigenvalue weighted by molar-refractivity contribution is 5.38. The molecular weight excluding hydrogens is 182 g/mol. The zero-order valence-electron chi connectivity index (χ0n) is 9.93. The van der Waals surface area contributed by atoms with Crippen molar-refractivity contribution in [3.8, 4) is 0 Å². The summed E-state index contributed by atoms with van der Waals surface area (Å²) in [6.45, 7) is 10.5. The zero-order chi connectivity index (χ0) is 11.0. The van der Waals surface area contributed by atoms with Crippen molar-refractivity contribution in [2.45, 2.75) is 40.0 Å². The fourth-order valence-electron chi connectivity index (χ4n) is 2.41. The molecule has 80 valence electrons. The van der Waals surface area contributed by atoms with Crippen LogP contribution in [-0.4, -0.2) is 4.98 Å². The van der Waals surface area contributed by atoms with Gasteiger partial charge in [0.15, 0.2) is 0 Å². The van der Waals surface area contributed by atoms with E-state index in [9.17, 15) is 0 Å². The molecule has 0 bridgehead atoms. The molecule has 0 radical (unpaired) electrons.